The van der Waals surface area contributed by atoms with Gasteiger partial charge in [0.05, 0.1) is 0 Å². The minimum Gasteiger partial charge on any atom is -0.354 e. The summed E-state index contributed by atoms with van der Waals surface area (Å²) in [5, 5.41) is 6.97. The van der Waals surface area contributed by atoms with E-state index in [2.05, 4.69) is 46.5 Å². The minimum absolute atomic E-state index is 0. The van der Waals surface area contributed by atoms with Crippen LogP contribution < -0.4 is 15.5 Å². The first kappa shape index (κ1) is 22.9. The van der Waals surface area contributed by atoms with Crippen LogP contribution >= 0.6 is 24.0 Å². The van der Waals surface area contributed by atoms with Crippen molar-refractivity contribution >= 4 is 41.5 Å². The number of benzene rings is 1. The van der Waals surface area contributed by atoms with Gasteiger partial charge >= 0.3 is 0 Å². The predicted molar refractivity (Wildman–Crippen MR) is 127 cm³/mol. The molecular weight excluding hydrogens is 465 g/mol. The van der Waals surface area contributed by atoms with E-state index >= 15 is 0 Å². The van der Waals surface area contributed by atoms with Gasteiger partial charge in [0.25, 0.3) is 0 Å². The number of carbonyl (C=O) groups excluding carboxylic acids is 1. The van der Waals surface area contributed by atoms with Crippen LogP contribution in [0.25, 0.3) is 0 Å². The number of hydrogen-bond acceptors (Lipinski definition) is 3. The highest BCUT2D eigenvalue weighted by molar-refractivity contribution is 14.0. The number of likely N-dealkylation sites (tertiary alicyclic amines) is 1. The first-order chi connectivity index (χ1) is 13.1. The van der Waals surface area contributed by atoms with Gasteiger partial charge in [0, 0.05) is 57.4 Å². The van der Waals surface area contributed by atoms with Gasteiger partial charge in [-0.1, -0.05) is 12.1 Å². The average Bonchev–Trinajstić information content (AvgIpc) is 3.12. The molecule has 2 saturated heterocycles. The zero-order chi connectivity index (χ0) is 19.2. The van der Waals surface area contributed by atoms with Crippen molar-refractivity contribution in [1.29, 1.82) is 0 Å². The summed E-state index contributed by atoms with van der Waals surface area (Å²) in [6.45, 7) is 8.37. The van der Waals surface area contributed by atoms with E-state index in [9.17, 15) is 4.79 Å². The summed E-state index contributed by atoms with van der Waals surface area (Å²) in [4.78, 5) is 20.6. The Labute approximate surface area is 186 Å². The molecule has 0 bridgehead atoms. The van der Waals surface area contributed by atoms with Crippen LogP contribution in [-0.4, -0.2) is 55.5 Å². The molecule has 156 valence electrons. The lowest BCUT2D eigenvalue weighted by molar-refractivity contribution is -0.117. The minimum atomic E-state index is 0. The topological polar surface area (TPSA) is 60.0 Å². The maximum absolute atomic E-state index is 11.8. The fraction of sp³-hybridized carbons (Fsp3) is 0.619. The fourth-order valence-corrected chi connectivity index (χ4v) is 3.85. The molecule has 0 radical (unpaired) electrons. The second-order valence-corrected chi connectivity index (χ2v) is 7.79. The van der Waals surface area contributed by atoms with E-state index in [1.165, 1.54) is 5.56 Å². The molecular formula is C21H34IN5O. The number of halogens is 1. The molecule has 2 fully saturated rings. The molecule has 1 aromatic carbocycles. The molecule has 0 unspecified atom stereocenters. The molecule has 0 aliphatic carbocycles. The molecule has 0 atom stereocenters. The molecule has 2 heterocycles. The van der Waals surface area contributed by atoms with Gasteiger partial charge in [-0.05, 0) is 50.8 Å². The van der Waals surface area contributed by atoms with Crippen LogP contribution in [0.15, 0.2) is 29.3 Å². The van der Waals surface area contributed by atoms with Crippen molar-refractivity contribution < 1.29 is 4.79 Å². The molecule has 28 heavy (non-hydrogen) atoms. The Bertz CT molecular complexity index is 653. The highest BCUT2D eigenvalue weighted by Gasteiger charge is 2.22. The van der Waals surface area contributed by atoms with E-state index in [1.54, 1.807) is 0 Å². The van der Waals surface area contributed by atoms with E-state index in [0.29, 0.717) is 18.5 Å². The van der Waals surface area contributed by atoms with Crippen molar-refractivity contribution in [1.82, 2.24) is 15.5 Å². The van der Waals surface area contributed by atoms with Crippen molar-refractivity contribution in [2.45, 2.75) is 58.2 Å². The quantitative estimate of drug-likeness (QED) is 0.372. The van der Waals surface area contributed by atoms with Gasteiger partial charge in [0.2, 0.25) is 5.91 Å². The second kappa shape index (κ2) is 11.0. The average molecular weight is 499 g/mol. The third kappa shape index (κ3) is 6.07. The van der Waals surface area contributed by atoms with Crippen molar-refractivity contribution in [2.24, 2.45) is 4.99 Å². The number of guanidine groups is 1. The van der Waals surface area contributed by atoms with Crippen LogP contribution in [0.3, 0.4) is 0 Å². The Hall–Kier alpha value is -1.35. The first-order valence-corrected chi connectivity index (χ1v) is 10.2. The molecule has 0 saturated carbocycles. The highest BCUT2D eigenvalue weighted by atomic mass is 127. The van der Waals surface area contributed by atoms with E-state index in [4.69, 9.17) is 0 Å². The molecule has 2 N–H and O–H groups in total. The van der Waals surface area contributed by atoms with Crippen molar-refractivity contribution in [3.8, 4) is 0 Å². The number of rotatable bonds is 5. The number of nitrogens with one attached hydrogen (secondary N) is 2. The zero-order valence-corrected chi connectivity index (χ0v) is 19.6. The molecule has 3 rings (SSSR count). The van der Waals surface area contributed by atoms with Gasteiger partial charge in [-0.3, -0.25) is 9.79 Å². The van der Waals surface area contributed by atoms with Gasteiger partial charge < -0.3 is 20.4 Å². The Kier molecular flexibility index (Phi) is 9.01. The number of nitrogens with zero attached hydrogens (tertiary/aromatic N) is 3. The van der Waals surface area contributed by atoms with Crippen LogP contribution in [0.5, 0.6) is 0 Å². The summed E-state index contributed by atoms with van der Waals surface area (Å²) in [6, 6.07) is 9.36. The van der Waals surface area contributed by atoms with E-state index in [-0.39, 0.29) is 29.9 Å². The molecule has 2 aliphatic heterocycles. The monoisotopic (exact) mass is 499 g/mol. The van der Waals surface area contributed by atoms with Crippen molar-refractivity contribution in [3.63, 3.8) is 0 Å². The number of aliphatic imine (C=N–C) groups is 1. The van der Waals surface area contributed by atoms with Crippen LogP contribution in [0.1, 0.15) is 45.1 Å². The molecule has 0 spiro atoms. The maximum atomic E-state index is 11.8. The Morgan fingerprint density at radius 3 is 2.39 bits per heavy atom. The van der Waals surface area contributed by atoms with Crippen LogP contribution in [0.2, 0.25) is 0 Å². The van der Waals surface area contributed by atoms with E-state index < -0.39 is 0 Å². The molecule has 1 aromatic rings. The smallest absolute Gasteiger partial charge is 0.227 e. The van der Waals surface area contributed by atoms with Gasteiger partial charge in [0.1, 0.15) is 0 Å². The largest absolute Gasteiger partial charge is 0.354 e. The van der Waals surface area contributed by atoms with Gasteiger partial charge in [-0.15, -0.1) is 24.0 Å². The van der Waals surface area contributed by atoms with Gasteiger partial charge in [0.15, 0.2) is 5.96 Å². The fourth-order valence-electron chi connectivity index (χ4n) is 3.85. The highest BCUT2D eigenvalue weighted by Crippen LogP contribution is 2.21. The Morgan fingerprint density at radius 1 is 1.18 bits per heavy atom. The third-order valence-corrected chi connectivity index (χ3v) is 5.61. The van der Waals surface area contributed by atoms with Crippen molar-refractivity contribution in [3.05, 3.63) is 29.8 Å². The molecule has 7 heteroatoms. The second-order valence-electron chi connectivity index (χ2n) is 7.79. The summed E-state index contributed by atoms with van der Waals surface area (Å²) in [5.74, 6) is 1.09. The first-order valence-electron chi connectivity index (χ1n) is 10.2. The number of anilines is 1. The summed E-state index contributed by atoms with van der Waals surface area (Å²) >= 11 is 0. The lowest BCUT2D eigenvalue weighted by Crippen LogP contribution is -2.49. The number of hydrogen-bond donors (Lipinski definition) is 2. The number of piperidine rings is 1. The number of amides is 1. The maximum Gasteiger partial charge on any atom is 0.227 e. The zero-order valence-electron chi connectivity index (χ0n) is 17.3. The normalized spacial score (nSPS) is 19.1. The third-order valence-electron chi connectivity index (χ3n) is 5.61. The lowest BCUT2D eigenvalue weighted by atomic mass is 10.0. The van der Waals surface area contributed by atoms with Crippen LogP contribution in [0, 0.1) is 0 Å². The van der Waals surface area contributed by atoms with E-state index in [1.807, 2.05) is 24.1 Å². The predicted octanol–water partition coefficient (Wildman–Crippen LogP) is 2.97. The van der Waals surface area contributed by atoms with Crippen molar-refractivity contribution in [2.75, 3.05) is 31.6 Å². The summed E-state index contributed by atoms with van der Waals surface area (Å²) in [5.41, 5.74) is 2.18. The standard InChI is InChI=1S/C21H33N5O.HI/c1-16(2)25-13-10-18(11-14-25)24-21(22-3)23-15-17-6-8-19(9-7-17)26-12-4-5-20(26)27;/h6-9,16,18H,4-5,10-15H2,1-3H3,(H2,22,23,24);1H. The summed E-state index contributed by atoms with van der Waals surface area (Å²) < 4.78 is 0. The molecule has 6 nitrogen and oxygen atoms in total. The SMILES string of the molecule is CN=C(NCc1ccc(N2CCCC2=O)cc1)NC1CCN(C(C)C)CC1.I. The van der Waals surface area contributed by atoms with Gasteiger partial charge in [-0.25, -0.2) is 0 Å². The van der Waals surface area contributed by atoms with Crippen LogP contribution in [-0.2, 0) is 11.3 Å². The van der Waals surface area contributed by atoms with Gasteiger partial charge in [-0.2, -0.15) is 0 Å². The Balaban J connectivity index is 0.00000280. The Morgan fingerprint density at radius 2 is 1.86 bits per heavy atom. The lowest BCUT2D eigenvalue weighted by Gasteiger charge is -2.35. The van der Waals surface area contributed by atoms with E-state index in [0.717, 1.165) is 57.1 Å². The summed E-state index contributed by atoms with van der Waals surface area (Å²) in [7, 11) is 1.82. The number of carbonyl (C=O) groups is 1. The molecule has 2 aliphatic rings. The summed E-state index contributed by atoms with van der Waals surface area (Å²) in [6.07, 6.45) is 3.93. The van der Waals surface area contributed by atoms with Crippen LogP contribution in [0.4, 0.5) is 5.69 Å². The molecule has 1 amide bonds. The molecule has 0 aromatic heterocycles.